The van der Waals surface area contributed by atoms with Gasteiger partial charge >= 0.3 is 0 Å². The number of carbonyl (C=O) groups excluding carboxylic acids is 1. The summed E-state index contributed by atoms with van der Waals surface area (Å²) in [6, 6.07) is 1.80. The number of nitrogens with zero attached hydrogens (tertiary/aromatic N) is 1. The molecule has 0 aliphatic carbocycles. The van der Waals surface area contributed by atoms with Crippen LogP contribution in [0.5, 0.6) is 0 Å². The van der Waals surface area contributed by atoms with Gasteiger partial charge in [-0.2, -0.15) is 5.26 Å². The minimum atomic E-state index is -0.195. The molecule has 0 fully saturated rings. The number of hydrogen-bond acceptors (Lipinski definition) is 2. The number of nitriles is 1. The molecule has 0 aliphatic heterocycles. The zero-order valence-electron chi connectivity index (χ0n) is 7.27. The topological polar surface area (TPSA) is 52.9 Å². The van der Waals surface area contributed by atoms with Crippen LogP contribution in [-0.4, -0.2) is 11.4 Å². The summed E-state index contributed by atoms with van der Waals surface area (Å²) in [6.07, 6.45) is 0.813. The molecule has 0 unspecified atom stereocenters. The van der Waals surface area contributed by atoms with Crippen molar-refractivity contribution >= 4 is 5.91 Å². The summed E-state index contributed by atoms with van der Waals surface area (Å²) in [6.45, 7) is 5.86. The second-order valence-corrected chi connectivity index (χ2v) is 3.12. The Balaban J connectivity index is 3.86. The maximum atomic E-state index is 10.9. The van der Waals surface area contributed by atoms with E-state index in [1.165, 1.54) is 0 Å². The van der Waals surface area contributed by atoms with Gasteiger partial charge in [0.25, 0.3) is 0 Å². The van der Waals surface area contributed by atoms with Crippen molar-refractivity contribution in [2.75, 3.05) is 0 Å². The fourth-order valence-electron chi connectivity index (χ4n) is 0.582. The number of amides is 1. The van der Waals surface area contributed by atoms with Gasteiger partial charge in [0, 0.05) is 5.54 Å². The van der Waals surface area contributed by atoms with Crippen molar-refractivity contribution in [3.8, 4) is 6.07 Å². The van der Waals surface area contributed by atoms with Crippen LogP contribution < -0.4 is 5.32 Å². The summed E-state index contributed by atoms with van der Waals surface area (Å²) in [4.78, 5) is 10.9. The van der Waals surface area contributed by atoms with Crippen LogP contribution in [0, 0.1) is 11.3 Å². The molecule has 11 heavy (non-hydrogen) atoms. The molecule has 0 saturated heterocycles. The molecule has 0 aromatic heterocycles. The predicted molar refractivity (Wildman–Crippen MR) is 42.7 cm³/mol. The van der Waals surface area contributed by atoms with Crippen molar-refractivity contribution in [1.82, 2.24) is 5.32 Å². The molecule has 0 rings (SSSR count). The van der Waals surface area contributed by atoms with E-state index in [0.717, 1.165) is 6.42 Å². The molecule has 0 heterocycles. The molecule has 1 N–H and O–H groups in total. The van der Waals surface area contributed by atoms with E-state index in [1.807, 2.05) is 20.8 Å². The summed E-state index contributed by atoms with van der Waals surface area (Å²) < 4.78 is 0. The minimum Gasteiger partial charge on any atom is -0.350 e. The lowest BCUT2D eigenvalue weighted by Gasteiger charge is -2.23. The minimum absolute atomic E-state index is 0.0522. The van der Waals surface area contributed by atoms with Gasteiger partial charge in [-0.15, -0.1) is 0 Å². The Labute approximate surface area is 67.4 Å². The Morgan fingerprint density at radius 2 is 2.18 bits per heavy atom. The van der Waals surface area contributed by atoms with Gasteiger partial charge in [0.1, 0.15) is 6.42 Å². The second kappa shape index (κ2) is 3.97. The van der Waals surface area contributed by atoms with Gasteiger partial charge in [0.2, 0.25) is 5.91 Å². The van der Waals surface area contributed by atoms with Crippen LogP contribution in [0.1, 0.15) is 33.6 Å². The third-order valence-corrected chi connectivity index (χ3v) is 1.60. The molecule has 62 valence electrons. The first-order valence-electron chi connectivity index (χ1n) is 3.70. The molecule has 0 atom stereocenters. The van der Waals surface area contributed by atoms with E-state index in [1.54, 1.807) is 6.07 Å². The molecular formula is C8H14N2O. The summed E-state index contributed by atoms with van der Waals surface area (Å²) in [5.41, 5.74) is -0.187. The molecule has 0 saturated carbocycles. The largest absolute Gasteiger partial charge is 0.350 e. The van der Waals surface area contributed by atoms with Gasteiger partial charge in [-0.25, -0.2) is 0 Å². The van der Waals surface area contributed by atoms with Crippen molar-refractivity contribution in [3.05, 3.63) is 0 Å². The maximum Gasteiger partial charge on any atom is 0.234 e. The number of carbonyl (C=O) groups is 1. The molecule has 1 amide bonds. The summed E-state index contributed by atoms with van der Waals surface area (Å²) >= 11 is 0. The fraction of sp³-hybridized carbons (Fsp3) is 0.750. The zero-order valence-corrected chi connectivity index (χ0v) is 7.27. The number of rotatable bonds is 3. The lowest BCUT2D eigenvalue weighted by Crippen LogP contribution is -2.42. The van der Waals surface area contributed by atoms with E-state index in [0.29, 0.717) is 0 Å². The van der Waals surface area contributed by atoms with E-state index >= 15 is 0 Å². The highest BCUT2D eigenvalue weighted by Crippen LogP contribution is 2.06. The average molecular weight is 154 g/mol. The normalized spacial score (nSPS) is 10.4. The summed E-state index contributed by atoms with van der Waals surface area (Å²) in [7, 11) is 0. The number of hydrogen-bond donors (Lipinski definition) is 1. The second-order valence-electron chi connectivity index (χ2n) is 3.12. The Morgan fingerprint density at radius 1 is 1.64 bits per heavy atom. The molecular weight excluding hydrogens is 140 g/mol. The quantitative estimate of drug-likeness (QED) is 0.664. The Kier molecular flexibility index (Phi) is 3.59. The summed E-state index contributed by atoms with van der Waals surface area (Å²) in [5, 5.41) is 10.9. The van der Waals surface area contributed by atoms with E-state index in [4.69, 9.17) is 5.26 Å². The van der Waals surface area contributed by atoms with E-state index in [2.05, 4.69) is 5.32 Å². The first kappa shape index (κ1) is 9.96. The first-order valence-corrected chi connectivity index (χ1v) is 3.70. The van der Waals surface area contributed by atoms with Gasteiger partial charge in [-0.1, -0.05) is 6.92 Å². The van der Waals surface area contributed by atoms with Crippen molar-refractivity contribution in [2.24, 2.45) is 0 Å². The van der Waals surface area contributed by atoms with E-state index in [9.17, 15) is 4.79 Å². The highest BCUT2D eigenvalue weighted by Gasteiger charge is 2.16. The third-order valence-electron chi connectivity index (χ3n) is 1.60. The van der Waals surface area contributed by atoms with Crippen molar-refractivity contribution in [1.29, 1.82) is 5.26 Å². The fourth-order valence-corrected chi connectivity index (χ4v) is 0.582. The van der Waals surface area contributed by atoms with Crippen LogP contribution in [0.4, 0.5) is 0 Å². The first-order chi connectivity index (χ1) is 5.02. The van der Waals surface area contributed by atoms with E-state index in [-0.39, 0.29) is 17.9 Å². The Hall–Kier alpha value is -1.04. The third kappa shape index (κ3) is 4.38. The molecule has 0 spiro atoms. The molecule has 0 aromatic carbocycles. The highest BCUT2D eigenvalue weighted by atomic mass is 16.1. The standard InChI is InChI=1S/C8H14N2O/c1-4-8(2,3)10-7(11)5-6-9/h4-5H2,1-3H3,(H,10,11). The van der Waals surface area contributed by atoms with Gasteiger partial charge in [-0.05, 0) is 20.3 Å². The molecule has 0 bridgehead atoms. The van der Waals surface area contributed by atoms with Gasteiger partial charge in [0.15, 0.2) is 0 Å². The van der Waals surface area contributed by atoms with Crippen molar-refractivity contribution in [3.63, 3.8) is 0 Å². The summed E-state index contributed by atoms with van der Waals surface area (Å²) in [5.74, 6) is -0.195. The molecule has 3 nitrogen and oxygen atoms in total. The molecule has 0 aliphatic rings. The molecule has 0 radical (unpaired) electrons. The van der Waals surface area contributed by atoms with Crippen LogP contribution in [0.2, 0.25) is 0 Å². The Morgan fingerprint density at radius 3 is 2.55 bits per heavy atom. The lowest BCUT2D eigenvalue weighted by molar-refractivity contribution is -0.121. The van der Waals surface area contributed by atoms with Crippen molar-refractivity contribution < 1.29 is 4.79 Å². The lowest BCUT2D eigenvalue weighted by atomic mass is 10.0. The van der Waals surface area contributed by atoms with Crippen LogP contribution >= 0.6 is 0 Å². The average Bonchev–Trinajstić information content (AvgIpc) is 1.87. The zero-order chi connectivity index (χ0) is 8.91. The maximum absolute atomic E-state index is 10.9. The van der Waals surface area contributed by atoms with Crippen LogP contribution in [-0.2, 0) is 4.79 Å². The monoisotopic (exact) mass is 154 g/mol. The smallest absolute Gasteiger partial charge is 0.234 e. The molecule has 0 aromatic rings. The number of nitrogens with one attached hydrogen (secondary N) is 1. The van der Waals surface area contributed by atoms with Crippen LogP contribution in [0.25, 0.3) is 0 Å². The molecule has 3 heteroatoms. The van der Waals surface area contributed by atoms with Gasteiger partial charge < -0.3 is 5.32 Å². The Bertz CT molecular complexity index is 179. The SMILES string of the molecule is CCC(C)(C)NC(=O)CC#N. The van der Waals surface area contributed by atoms with Gasteiger partial charge in [0.05, 0.1) is 6.07 Å². The predicted octanol–water partition coefficient (Wildman–Crippen LogP) is 1.20. The highest BCUT2D eigenvalue weighted by molar-refractivity contribution is 5.78. The van der Waals surface area contributed by atoms with Crippen molar-refractivity contribution in [2.45, 2.75) is 39.2 Å². The van der Waals surface area contributed by atoms with E-state index < -0.39 is 0 Å². The van der Waals surface area contributed by atoms with Gasteiger partial charge in [-0.3, -0.25) is 4.79 Å². The van der Waals surface area contributed by atoms with Crippen LogP contribution in [0.15, 0.2) is 0 Å². The van der Waals surface area contributed by atoms with Crippen LogP contribution in [0.3, 0.4) is 0 Å².